The Morgan fingerprint density at radius 2 is 1.85 bits per heavy atom. The Labute approximate surface area is 158 Å². The normalized spacial score (nSPS) is 16.3. The number of hydrogen-bond acceptors (Lipinski definition) is 3. The van der Waals surface area contributed by atoms with E-state index in [1.165, 1.54) is 12.1 Å². The zero-order valence-corrected chi connectivity index (χ0v) is 15.3. The summed E-state index contributed by atoms with van der Waals surface area (Å²) < 4.78 is 44.9. The van der Waals surface area contributed by atoms with E-state index in [4.69, 9.17) is 14.2 Å². The molecule has 3 rings (SSSR count). The molecule has 0 spiro atoms. The zero-order chi connectivity index (χ0) is 19.1. The van der Waals surface area contributed by atoms with Gasteiger partial charge in [0.1, 0.15) is 5.75 Å². The molecule has 1 aliphatic heterocycles. The molecule has 0 aromatic heterocycles. The standard InChI is InChI=1S/C22H22F2O3/c1-2-14-25-18-11-7-16(8-12-18)6-9-17-10-13-19(22(24)21(17)23)27-20-5-3-4-15-26-20/h7-8,10-13,20H,2-5,14-15H2,1H3. The Morgan fingerprint density at radius 3 is 2.56 bits per heavy atom. The highest BCUT2D eigenvalue weighted by Gasteiger charge is 2.20. The van der Waals surface area contributed by atoms with Gasteiger partial charge in [0.05, 0.1) is 18.8 Å². The fourth-order valence-electron chi connectivity index (χ4n) is 2.66. The number of benzene rings is 2. The Balaban J connectivity index is 1.70. The van der Waals surface area contributed by atoms with Crippen molar-refractivity contribution in [2.75, 3.05) is 13.2 Å². The summed E-state index contributed by atoms with van der Waals surface area (Å²) in [5, 5.41) is 0. The van der Waals surface area contributed by atoms with Gasteiger partial charge in [-0.2, -0.15) is 4.39 Å². The molecule has 0 saturated carbocycles. The lowest BCUT2D eigenvalue weighted by molar-refractivity contribution is -0.107. The van der Waals surface area contributed by atoms with E-state index in [0.29, 0.717) is 25.2 Å². The summed E-state index contributed by atoms with van der Waals surface area (Å²) in [6.45, 7) is 3.25. The highest BCUT2D eigenvalue weighted by atomic mass is 19.2. The number of rotatable bonds is 5. The number of ether oxygens (including phenoxy) is 3. The van der Waals surface area contributed by atoms with Crippen LogP contribution in [0, 0.1) is 23.5 Å². The maximum absolute atomic E-state index is 14.3. The van der Waals surface area contributed by atoms with Crippen molar-refractivity contribution >= 4 is 0 Å². The molecule has 2 aromatic carbocycles. The third kappa shape index (κ3) is 5.21. The number of halogens is 2. The maximum atomic E-state index is 14.3. The topological polar surface area (TPSA) is 27.7 Å². The molecule has 1 unspecified atom stereocenters. The maximum Gasteiger partial charge on any atom is 0.202 e. The molecule has 1 heterocycles. The highest BCUT2D eigenvalue weighted by molar-refractivity contribution is 5.46. The number of hydrogen-bond donors (Lipinski definition) is 0. The second kappa shape index (κ2) is 9.38. The molecule has 142 valence electrons. The van der Waals surface area contributed by atoms with E-state index in [9.17, 15) is 8.78 Å². The largest absolute Gasteiger partial charge is 0.494 e. The monoisotopic (exact) mass is 372 g/mol. The molecule has 1 aliphatic rings. The molecule has 5 heteroatoms. The van der Waals surface area contributed by atoms with E-state index in [-0.39, 0.29) is 11.3 Å². The molecule has 3 nitrogen and oxygen atoms in total. The van der Waals surface area contributed by atoms with Crippen molar-refractivity contribution in [2.45, 2.75) is 38.9 Å². The molecular weight excluding hydrogens is 350 g/mol. The van der Waals surface area contributed by atoms with Gasteiger partial charge in [-0.05, 0) is 55.7 Å². The Hall–Kier alpha value is -2.58. The van der Waals surface area contributed by atoms with Crippen LogP contribution in [0.5, 0.6) is 11.5 Å². The molecule has 0 amide bonds. The lowest BCUT2D eigenvalue weighted by Gasteiger charge is -2.23. The summed E-state index contributed by atoms with van der Waals surface area (Å²) in [6, 6.07) is 9.98. The summed E-state index contributed by atoms with van der Waals surface area (Å²) in [5.41, 5.74) is 0.672. The van der Waals surface area contributed by atoms with E-state index in [1.807, 2.05) is 6.92 Å². The summed E-state index contributed by atoms with van der Waals surface area (Å²) in [5.74, 6) is 4.05. The molecular formula is C22H22F2O3. The van der Waals surface area contributed by atoms with Crippen LogP contribution >= 0.6 is 0 Å². The molecule has 0 aliphatic carbocycles. The van der Waals surface area contributed by atoms with Gasteiger partial charge in [0, 0.05) is 12.0 Å². The van der Waals surface area contributed by atoms with Crippen LogP contribution in [0.25, 0.3) is 0 Å². The van der Waals surface area contributed by atoms with Crippen LogP contribution < -0.4 is 9.47 Å². The average Bonchev–Trinajstić information content (AvgIpc) is 2.71. The molecule has 2 aromatic rings. The second-order valence-electron chi connectivity index (χ2n) is 6.28. The summed E-state index contributed by atoms with van der Waals surface area (Å²) in [7, 11) is 0. The fraction of sp³-hybridized carbons (Fsp3) is 0.364. The molecule has 0 bridgehead atoms. The van der Waals surface area contributed by atoms with Crippen LogP contribution in [0.4, 0.5) is 8.78 Å². The van der Waals surface area contributed by atoms with Crippen LogP contribution in [0.2, 0.25) is 0 Å². The first-order valence-electron chi connectivity index (χ1n) is 9.18. The first-order valence-corrected chi connectivity index (χ1v) is 9.18. The van der Waals surface area contributed by atoms with Crippen molar-refractivity contribution < 1.29 is 23.0 Å². The lowest BCUT2D eigenvalue weighted by Crippen LogP contribution is -2.25. The van der Waals surface area contributed by atoms with Gasteiger partial charge >= 0.3 is 0 Å². The molecule has 1 fully saturated rings. The van der Waals surface area contributed by atoms with E-state index in [1.54, 1.807) is 24.3 Å². The molecule has 27 heavy (non-hydrogen) atoms. The third-order valence-electron chi connectivity index (χ3n) is 4.11. The second-order valence-corrected chi connectivity index (χ2v) is 6.28. The van der Waals surface area contributed by atoms with Gasteiger partial charge in [-0.25, -0.2) is 4.39 Å². The highest BCUT2D eigenvalue weighted by Crippen LogP contribution is 2.26. The molecule has 1 atom stereocenters. The van der Waals surface area contributed by atoms with Gasteiger partial charge in [0.2, 0.25) is 5.82 Å². The van der Waals surface area contributed by atoms with Crippen molar-refractivity contribution in [3.05, 3.63) is 59.2 Å². The summed E-state index contributed by atoms with van der Waals surface area (Å²) >= 11 is 0. The Kier molecular flexibility index (Phi) is 6.67. The van der Waals surface area contributed by atoms with Crippen molar-refractivity contribution in [3.63, 3.8) is 0 Å². The van der Waals surface area contributed by atoms with Gasteiger partial charge < -0.3 is 14.2 Å². The summed E-state index contributed by atoms with van der Waals surface area (Å²) in [4.78, 5) is 0. The van der Waals surface area contributed by atoms with Gasteiger partial charge in [0.25, 0.3) is 0 Å². The predicted molar refractivity (Wildman–Crippen MR) is 98.8 cm³/mol. The quantitative estimate of drug-likeness (QED) is 0.687. The van der Waals surface area contributed by atoms with E-state index in [2.05, 4.69) is 11.8 Å². The van der Waals surface area contributed by atoms with Crippen molar-refractivity contribution in [3.8, 4) is 23.3 Å². The smallest absolute Gasteiger partial charge is 0.202 e. The molecule has 0 N–H and O–H groups in total. The van der Waals surface area contributed by atoms with E-state index in [0.717, 1.165) is 25.0 Å². The first kappa shape index (κ1) is 19.2. The van der Waals surface area contributed by atoms with Gasteiger partial charge in [-0.3, -0.25) is 0 Å². The van der Waals surface area contributed by atoms with Gasteiger partial charge in [0.15, 0.2) is 17.9 Å². The molecule has 0 radical (unpaired) electrons. The van der Waals surface area contributed by atoms with Crippen molar-refractivity contribution in [2.24, 2.45) is 0 Å². The van der Waals surface area contributed by atoms with E-state index >= 15 is 0 Å². The molecule has 1 saturated heterocycles. The Bertz CT molecular complexity index is 816. The predicted octanol–water partition coefficient (Wildman–Crippen LogP) is 5.06. The zero-order valence-electron chi connectivity index (χ0n) is 15.3. The lowest BCUT2D eigenvalue weighted by atomic mass is 10.1. The van der Waals surface area contributed by atoms with Gasteiger partial charge in [-0.1, -0.05) is 18.8 Å². The van der Waals surface area contributed by atoms with Crippen LogP contribution in [0.15, 0.2) is 36.4 Å². The minimum absolute atomic E-state index is 0.0178. The Morgan fingerprint density at radius 1 is 1.04 bits per heavy atom. The summed E-state index contributed by atoms with van der Waals surface area (Å²) in [6.07, 6.45) is 2.97. The van der Waals surface area contributed by atoms with Crippen LogP contribution in [-0.2, 0) is 4.74 Å². The SMILES string of the molecule is CCCOc1ccc(C#Cc2ccc(OC3CCCCO3)c(F)c2F)cc1. The third-order valence-corrected chi connectivity index (χ3v) is 4.11. The average molecular weight is 372 g/mol. The van der Waals surface area contributed by atoms with Crippen LogP contribution in [0.3, 0.4) is 0 Å². The van der Waals surface area contributed by atoms with Gasteiger partial charge in [-0.15, -0.1) is 0 Å². The van der Waals surface area contributed by atoms with Crippen LogP contribution in [0.1, 0.15) is 43.7 Å². The first-order chi connectivity index (χ1) is 13.2. The fourth-order valence-corrected chi connectivity index (χ4v) is 2.66. The van der Waals surface area contributed by atoms with Crippen molar-refractivity contribution in [1.82, 2.24) is 0 Å². The van der Waals surface area contributed by atoms with Crippen LogP contribution in [-0.4, -0.2) is 19.5 Å². The minimum atomic E-state index is -1.04. The minimum Gasteiger partial charge on any atom is -0.494 e. The van der Waals surface area contributed by atoms with Crippen molar-refractivity contribution in [1.29, 1.82) is 0 Å². The van der Waals surface area contributed by atoms with E-state index < -0.39 is 17.9 Å².